The Hall–Kier alpha value is -2.31. The summed E-state index contributed by atoms with van der Waals surface area (Å²) in [4.78, 5) is 13.2. The maximum absolute atomic E-state index is 12.2. The highest BCUT2D eigenvalue weighted by atomic mass is 35.5. The van der Waals surface area contributed by atoms with E-state index >= 15 is 0 Å². The van der Waals surface area contributed by atoms with Gasteiger partial charge >= 0.3 is 6.01 Å². The highest BCUT2D eigenvalue weighted by molar-refractivity contribution is 7.98. The maximum atomic E-state index is 12.2. The molecule has 0 saturated carbocycles. The van der Waals surface area contributed by atoms with Crippen molar-refractivity contribution in [3.8, 4) is 11.5 Å². The summed E-state index contributed by atoms with van der Waals surface area (Å²) in [5, 5.41) is 10.7. The van der Waals surface area contributed by atoms with E-state index in [0.717, 1.165) is 10.5 Å². The molecule has 2 aromatic carbocycles. The lowest BCUT2D eigenvalue weighted by molar-refractivity contribution is 0.102. The Morgan fingerprint density at radius 3 is 2.78 bits per heavy atom. The molecule has 1 amide bonds. The number of carbonyl (C=O) groups is 1. The summed E-state index contributed by atoms with van der Waals surface area (Å²) >= 11 is 7.61. The number of hydrogen-bond acceptors (Lipinski definition) is 5. The molecule has 0 saturated heterocycles. The molecule has 116 valence electrons. The molecule has 5 nitrogen and oxygen atoms in total. The fraction of sp³-hybridized carbons (Fsp3) is 0.0625. The minimum atomic E-state index is -0.399. The number of amides is 1. The van der Waals surface area contributed by atoms with Crippen molar-refractivity contribution in [1.82, 2.24) is 10.2 Å². The van der Waals surface area contributed by atoms with Crippen LogP contribution in [-0.2, 0) is 0 Å². The van der Waals surface area contributed by atoms with Crippen LogP contribution in [0.25, 0.3) is 11.5 Å². The van der Waals surface area contributed by atoms with Gasteiger partial charge in [-0.3, -0.25) is 10.1 Å². The Kier molecular flexibility index (Phi) is 4.64. The van der Waals surface area contributed by atoms with E-state index in [1.54, 1.807) is 36.0 Å². The summed E-state index contributed by atoms with van der Waals surface area (Å²) in [6.45, 7) is 0. The Bertz CT molecular complexity index is 851. The average molecular weight is 346 g/mol. The molecule has 0 radical (unpaired) electrons. The zero-order chi connectivity index (χ0) is 16.2. The summed E-state index contributed by atoms with van der Waals surface area (Å²) in [6.07, 6.45) is 1.99. The molecular formula is C16H12ClN3O2S. The first-order valence-corrected chi connectivity index (χ1v) is 8.31. The van der Waals surface area contributed by atoms with E-state index in [4.69, 9.17) is 16.0 Å². The molecule has 7 heteroatoms. The number of nitrogens with one attached hydrogen (secondary N) is 1. The van der Waals surface area contributed by atoms with Crippen LogP contribution < -0.4 is 5.32 Å². The number of aromatic nitrogens is 2. The summed E-state index contributed by atoms with van der Waals surface area (Å²) < 4.78 is 5.49. The molecule has 0 aliphatic rings. The van der Waals surface area contributed by atoms with Crippen molar-refractivity contribution < 1.29 is 9.21 Å². The summed E-state index contributed by atoms with van der Waals surface area (Å²) in [5.41, 5.74) is 1.14. The van der Waals surface area contributed by atoms with Crippen LogP contribution in [0.5, 0.6) is 0 Å². The van der Waals surface area contributed by atoms with Gasteiger partial charge in [-0.1, -0.05) is 34.9 Å². The van der Waals surface area contributed by atoms with E-state index in [0.29, 0.717) is 16.5 Å². The highest BCUT2D eigenvalue weighted by Gasteiger charge is 2.14. The Morgan fingerprint density at radius 1 is 1.17 bits per heavy atom. The first-order chi connectivity index (χ1) is 11.2. The second-order valence-electron chi connectivity index (χ2n) is 4.58. The Labute approximate surface area is 142 Å². The molecule has 0 spiro atoms. The number of benzene rings is 2. The summed E-state index contributed by atoms with van der Waals surface area (Å²) in [7, 11) is 0. The van der Waals surface area contributed by atoms with Crippen LogP contribution in [0.2, 0.25) is 5.02 Å². The molecule has 3 rings (SSSR count). The van der Waals surface area contributed by atoms with Gasteiger partial charge in [-0.25, -0.2) is 0 Å². The average Bonchev–Trinajstić information content (AvgIpc) is 3.03. The van der Waals surface area contributed by atoms with Crippen molar-refractivity contribution in [2.24, 2.45) is 0 Å². The number of carbonyl (C=O) groups excluding carboxylic acids is 1. The van der Waals surface area contributed by atoms with Crippen molar-refractivity contribution in [2.45, 2.75) is 4.90 Å². The molecule has 0 unspecified atom stereocenters. The van der Waals surface area contributed by atoms with Crippen LogP contribution >= 0.6 is 23.4 Å². The normalized spacial score (nSPS) is 10.5. The van der Waals surface area contributed by atoms with Gasteiger partial charge in [0.05, 0.1) is 10.6 Å². The second kappa shape index (κ2) is 6.85. The zero-order valence-electron chi connectivity index (χ0n) is 12.1. The van der Waals surface area contributed by atoms with E-state index in [1.807, 2.05) is 30.5 Å². The van der Waals surface area contributed by atoms with E-state index in [9.17, 15) is 4.79 Å². The monoisotopic (exact) mass is 345 g/mol. The zero-order valence-corrected chi connectivity index (χ0v) is 13.7. The maximum Gasteiger partial charge on any atom is 0.322 e. The molecule has 0 fully saturated rings. The number of anilines is 1. The lowest BCUT2D eigenvalue weighted by Gasteiger charge is -2.02. The largest absolute Gasteiger partial charge is 0.403 e. The fourth-order valence-corrected chi connectivity index (χ4v) is 2.64. The van der Waals surface area contributed by atoms with Gasteiger partial charge in [-0.05, 0) is 36.6 Å². The lowest BCUT2D eigenvalue weighted by Crippen LogP contribution is -2.12. The first kappa shape index (κ1) is 15.6. The minimum Gasteiger partial charge on any atom is -0.403 e. The van der Waals surface area contributed by atoms with Crippen molar-refractivity contribution >= 4 is 35.3 Å². The van der Waals surface area contributed by atoms with Crippen molar-refractivity contribution in [3.05, 3.63) is 59.1 Å². The number of rotatable bonds is 4. The van der Waals surface area contributed by atoms with Gasteiger partial charge in [-0.15, -0.1) is 16.9 Å². The molecule has 1 heterocycles. The molecular weight excluding hydrogens is 334 g/mol. The molecule has 23 heavy (non-hydrogen) atoms. The third kappa shape index (κ3) is 3.55. The fourth-order valence-electron chi connectivity index (χ4n) is 1.96. The molecule has 1 N–H and O–H groups in total. The van der Waals surface area contributed by atoms with Crippen LogP contribution in [0, 0.1) is 0 Å². The number of nitrogens with zero attached hydrogens (tertiary/aromatic N) is 2. The lowest BCUT2D eigenvalue weighted by atomic mass is 10.2. The third-order valence-electron chi connectivity index (χ3n) is 3.08. The number of hydrogen-bond donors (Lipinski definition) is 1. The van der Waals surface area contributed by atoms with Gasteiger partial charge in [0, 0.05) is 10.5 Å². The predicted octanol–water partition coefficient (Wildman–Crippen LogP) is 4.36. The standard InChI is InChI=1S/C16H12ClN3O2S/c1-23-11-6-4-5-10(9-11)15-19-20-16(22-15)18-14(21)12-7-2-3-8-13(12)17/h2-9H,1H3,(H,18,20,21). The molecule has 0 atom stereocenters. The molecule has 3 aromatic rings. The van der Waals surface area contributed by atoms with Gasteiger partial charge < -0.3 is 4.42 Å². The highest BCUT2D eigenvalue weighted by Crippen LogP contribution is 2.25. The summed E-state index contributed by atoms with van der Waals surface area (Å²) in [5.74, 6) is -0.0565. The molecule has 0 bridgehead atoms. The van der Waals surface area contributed by atoms with Crippen LogP contribution in [-0.4, -0.2) is 22.4 Å². The third-order valence-corrected chi connectivity index (χ3v) is 4.14. The molecule has 1 aromatic heterocycles. The van der Waals surface area contributed by atoms with Gasteiger partial charge in [0.25, 0.3) is 5.91 Å². The van der Waals surface area contributed by atoms with Crippen LogP contribution in [0.15, 0.2) is 57.8 Å². The number of thioether (sulfide) groups is 1. The summed E-state index contributed by atoms with van der Waals surface area (Å²) in [6, 6.07) is 14.5. The van der Waals surface area contributed by atoms with Crippen molar-refractivity contribution in [3.63, 3.8) is 0 Å². The Balaban J connectivity index is 1.79. The molecule has 0 aliphatic heterocycles. The minimum absolute atomic E-state index is 0.0273. The first-order valence-electron chi connectivity index (χ1n) is 6.71. The second-order valence-corrected chi connectivity index (χ2v) is 5.87. The van der Waals surface area contributed by atoms with Gasteiger partial charge in [0.1, 0.15) is 0 Å². The van der Waals surface area contributed by atoms with Crippen LogP contribution in [0.4, 0.5) is 6.01 Å². The van der Waals surface area contributed by atoms with Crippen molar-refractivity contribution in [1.29, 1.82) is 0 Å². The SMILES string of the molecule is CSc1cccc(-c2nnc(NC(=O)c3ccccc3Cl)o2)c1. The van der Waals surface area contributed by atoms with E-state index in [2.05, 4.69) is 15.5 Å². The quantitative estimate of drug-likeness (QED) is 0.711. The van der Waals surface area contributed by atoms with Crippen LogP contribution in [0.1, 0.15) is 10.4 Å². The van der Waals surface area contributed by atoms with E-state index in [1.165, 1.54) is 0 Å². The van der Waals surface area contributed by atoms with Crippen molar-refractivity contribution in [2.75, 3.05) is 11.6 Å². The van der Waals surface area contributed by atoms with Crippen LogP contribution in [0.3, 0.4) is 0 Å². The number of halogens is 1. The molecule has 0 aliphatic carbocycles. The van der Waals surface area contributed by atoms with E-state index in [-0.39, 0.29) is 6.01 Å². The Morgan fingerprint density at radius 2 is 2.00 bits per heavy atom. The predicted molar refractivity (Wildman–Crippen MR) is 90.9 cm³/mol. The van der Waals surface area contributed by atoms with Gasteiger partial charge in [-0.2, -0.15) is 0 Å². The van der Waals surface area contributed by atoms with Gasteiger partial charge in [0.2, 0.25) is 5.89 Å². The smallest absolute Gasteiger partial charge is 0.322 e. The topological polar surface area (TPSA) is 68.0 Å². The van der Waals surface area contributed by atoms with Gasteiger partial charge in [0.15, 0.2) is 0 Å². The van der Waals surface area contributed by atoms with E-state index < -0.39 is 5.91 Å².